The summed E-state index contributed by atoms with van der Waals surface area (Å²) in [6.45, 7) is 7.17. The molecule has 0 amide bonds. The van der Waals surface area contributed by atoms with Crippen LogP contribution in [-0.4, -0.2) is 14.9 Å². The summed E-state index contributed by atoms with van der Waals surface area (Å²) < 4.78 is 2.59. The Morgan fingerprint density at radius 1 is 1.33 bits per heavy atom. The topological polar surface area (TPSA) is 34.9 Å². The van der Waals surface area contributed by atoms with Crippen molar-refractivity contribution in [1.82, 2.24) is 9.55 Å². The fourth-order valence-corrected chi connectivity index (χ4v) is 4.74. The number of hydrogen-bond donors (Lipinski definition) is 0. The van der Waals surface area contributed by atoms with E-state index in [0.717, 1.165) is 53.3 Å². The van der Waals surface area contributed by atoms with Gasteiger partial charge in [-0.05, 0) is 36.1 Å². The molecule has 5 heteroatoms. The van der Waals surface area contributed by atoms with Crippen molar-refractivity contribution < 1.29 is 0 Å². The van der Waals surface area contributed by atoms with Crippen LogP contribution >= 0.6 is 27.3 Å². The van der Waals surface area contributed by atoms with Gasteiger partial charge in [0.2, 0.25) is 0 Å². The van der Waals surface area contributed by atoms with Crippen molar-refractivity contribution in [3.63, 3.8) is 0 Å². The van der Waals surface area contributed by atoms with E-state index in [1.807, 2.05) is 16.9 Å². The van der Waals surface area contributed by atoms with E-state index in [2.05, 4.69) is 34.8 Å². The lowest BCUT2D eigenvalue weighted by Crippen LogP contribution is -2.33. The van der Waals surface area contributed by atoms with Gasteiger partial charge in [-0.3, -0.25) is 9.36 Å². The van der Waals surface area contributed by atoms with Gasteiger partial charge in [-0.15, -0.1) is 11.3 Å². The summed E-state index contributed by atoms with van der Waals surface area (Å²) >= 11 is 5.19. The molecule has 0 spiro atoms. The van der Waals surface area contributed by atoms with Gasteiger partial charge in [0.25, 0.3) is 5.56 Å². The molecular formula is C16H23BrN2OS. The molecule has 2 aromatic heterocycles. The summed E-state index contributed by atoms with van der Waals surface area (Å²) in [5.74, 6) is 0. The number of halogens is 1. The summed E-state index contributed by atoms with van der Waals surface area (Å²) in [5, 5.41) is 2.94. The molecule has 0 aliphatic rings. The molecule has 0 aromatic carbocycles. The number of rotatable bonds is 7. The van der Waals surface area contributed by atoms with Gasteiger partial charge < -0.3 is 0 Å². The zero-order valence-electron chi connectivity index (χ0n) is 13.0. The summed E-state index contributed by atoms with van der Waals surface area (Å²) in [6.07, 6.45) is 6.25. The molecule has 0 saturated heterocycles. The van der Waals surface area contributed by atoms with Crippen LogP contribution in [0.1, 0.15) is 45.1 Å². The van der Waals surface area contributed by atoms with Crippen molar-refractivity contribution in [3.8, 4) is 0 Å². The highest BCUT2D eigenvalue weighted by Crippen LogP contribution is 2.34. The molecule has 0 bridgehead atoms. The van der Waals surface area contributed by atoms with Gasteiger partial charge in [-0.2, -0.15) is 0 Å². The minimum atomic E-state index is 0.107. The number of thiophene rings is 1. The van der Waals surface area contributed by atoms with Crippen LogP contribution in [0, 0.1) is 12.3 Å². The molecule has 0 fully saturated rings. The van der Waals surface area contributed by atoms with Crippen molar-refractivity contribution in [3.05, 3.63) is 27.6 Å². The molecular weight excluding hydrogens is 348 g/mol. The average molecular weight is 371 g/mol. The molecule has 0 aliphatic carbocycles. The number of alkyl halides is 1. The Morgan fingerprint density at radius 3 is 2.57 bits per heavy atom. The highest BCUT2D eigenvalue weighted by atomic mass is 79.9. The van der Waals surface area contributed by atoms with E-state index < -0.39 is 0 Å². The second kappa shape index (κ2) is 7.05. The molecule has 0 unspecified atom stereocenters. The van der Waals surface area contributed by atoms with E-state index >= 15 is 0 Å². The molecule has 2 heterocycles. The van der Waals surface area contributed by atoms with E-state index in [-0.39, 0.29) is 11.0 Å². The molecule has 21 heavy (non-hydrogen) atoms. The molecule has 116 valence electrons. The molecule has 0 radical (unpaired) electrons. The van der Waals surface area contributed by atoms with Gasteiger partial charge in [-0.25, -0.2) is 4.98 Å². The first-order valence-corrected chi connectivity index (χ1v) is 9.56. The zero-order valence-corrected chi connectivity index (χ0v) is 15.4. The maximum Gasteiger partial charge on any atom is 0.271 e. The summed E-state index contributed by atoms with van der Waals surface area (Å²) in [4.78, 5) is 17.2. The van der Waals surface area contributed by atoms with Gasteiger partial charge in [0, 0.05) is 11.9 Å². The number of hydrogen-bond acceptors (Lipinski definition) is 3. The third kappa shape index (κ3) is 3.39. The molecule has 2 aromatic rings. The maximum atomic E-state index is 12.7. The van der Waals surface area contributed by atoms with Crippen LogP contribution in [0.2, 0.25) is 0 Å². The van der Waals surface area contributed by atoms with Gasteiger partial charge in [0.1, 0.15) is 4.70 Å². The summed E-state index contributed by atoms with van der Waals surface area (Å²) in [7, 11) is 0. The molecule has 0 N–H and O–H groups in total. The van der Waals surface area contributed by atoms with E-state index in [9.17, 15) is 4.79 Å². The van der Waals surface area contributed by atoms with Crippen LogP contribution in [0.4, 0.5) is 0 Å². The first-order valence-electron chi connectivity index (χ1n) is 7.56. The Morgan fingerprint density at radius 2 is 2.00 bits per heavy atom. The summed E-state index contributed by atoms with van der Waals surface area (Å²) in [6, 6.07) is 0. The van der Waals surface area contributed by atoms with Crippen LogP contribution in [0.5, 0.6) is 0 Å². The Balaban J connectivity index is 2.41. The molecule has 3 nitrogen and oxygen atoms in total. The predicted molar refractivity (Wildman–Crippen MR) is 94.7 cm³/mol. The van der Waals surface area contributed by atoms with Crippen LogP contribution in [0.15, 0.2) is 16.5 Å². The fraction of sp³-hybridized carbons (Fsp3) is 0.625. The Hall–Kier alpha value is -0.680. The lowest BCUT2D eigenvalue weighted by atomic mass is 9.81. The smallest absolute Gasteiger partial charge is 0.271 e. The standard InChI is InChI=1S/C16H23BrN2OS/c1-4-6-16(9-17,7-5-2)10-19-11-18-13-12(3)8-21-14(13)15(19)20/h8,11H,4-7,9-10H2,1-3H3. The number of nitrogens with zero attached hydrogens (tertiary/aromatic N) is 2. The fourth-order valence-electron chi connectivity index (χ4n) is 3.05. The second-order valence-corrected chi connectivity index (χ2v) is 7.35. The van der Waals surface area contributed by atoms with Crippen molar-refractivity contribution >= 4 is 37.5 Å². The first kappa shape index (κ1) is 16.7. The van der Waals surface area contributed by atoms with Gasteiger partial charge >= 0.3 is 0 Å². The lowest BCUT2D eigenvalue weighted by molar-refractivity contribution is 0.230. The number of aromatic nitrogens is 2. The predicted octanol–water partition coefficient (Wildman–Crippen LogP) is 4.75. The van der Waals surface area contributed by atoms with Gasteiger partial charge in [0.05, 0.1) is 11.8 Å². The maximum absolute atomic E-state index is 12.7. The Labute approximate surface area is 138 Å². The Kier molecular flexibility index (Phi) is 5.60. The van der Waals surface area contributed by atoms with Crippen LogP contribution in [0.3, 0.4) is 0 Å². The average Bonchev–Trinajstić information content (AvgIpc) is 2.85. The van der Waals surface area contributed by atoms with E-state index in [1.165, 1.54) is 11.3 Å². The van der Waals surface area contributed by atoms with Crippen molar-refractivity contribution in [1.29, 1.82) is 0 Å². The van der Waals surface area contributed by atoms with Gasteiger partial charge in [-0.1, -0.05) is 42.6 Å². The number of aryl methyl sites for hydroxylation is 1. The van der Waals surface area contributed by atoms with E-state index in [4.69, 9.17) is 0 Å². The molecule has 0 atom stereocenters. The Bertz CT molecular complexity index is 656. The van der Waals surface area contributed by atoms with Gasteiger partial charge in [0.15, 0.2) is 0 Å². The minimum Gasteiger partial charge on any atom is -0.297 e. The van der Waals surface area contributed by atoms with Crippen LogP contribution < -0.4 is 5.56 Å². The van der Waals surface area contributed by atoms with Crippen LogP contribution in [-0.2, 0) is 6.54 Å². The highest BCUT2D eigenvalue weighted by Gasteiger charge is 2.28. The normalized spacial score (nSPS) is 12.2. The third-order valence-electron chi connectivity index (χ3n) is 4.07. The first-order chi connectivity index (χ1) is 10.1. The van der Waals surface area contributed by atoms with Crippen molar-refractivity contribution in [2.75, 3.05) is 5.33 Å². The second-order valence-electron chi connectivity index (χ2n) is 5.91. The minimum absolute atomic E-state index is 0.107. The SMILES string of the molecule is CCCC(CBr)(CCC)Cn1cnc2c(C)csc2c1=O. The number of fused-ring (bicyclic) bond motifs is 1. The van der Waals surface area contributed by atoms with E-state index in [0.29, 0.717) is 0 Å². The third-order valence-corrected chi connectivity index (χ3v) is 6.34. The monoisotopic (exact) mass is 370 g/mol. The zero-order chi connectivity index (χ0) is 15.5. The highest BCUT2D eigenvalue weighted by molar-refractivity contribution is 9.09. The summed E-state index contributed by atoms with van der Waals surface area (Å²) in [5.41, 5.74) is 2.20. The molecule has 0 saturated carbocycles. The quantitative estimate of drug-likeness (QED) is 0.659. The molecule has 2 rings (SSSR count). The lowest BCUT2D eigenvalue weighted by Gasteiger charge is -2.32. The van der Waals surface area contributed by atoms with Crippen molar-refractivity contribution in [2.45, 2.75) is 53.0 Å². The van der Waals surface area contributed by atoms with Crippen molar-refractivity contribution in [2.24, 2.45) is 5.41 Å². The largest absolute Gasteiger partial charge is 0.297 e. The van der Waals surface area contributed by atoms with Crippen LogP contribution in [0.25, 0.3) is 10.2 Å². The van der Waals surface area contributed by atoms with E-state index in [1.54, 1.807) is 6.33 Å². The molecule has 0 aliphatic heterocycles.